The summed E-state index contributed by atoms with van der Waals surface area (Å²) in [5.41, 5.74) is 2.02. The zero-order valence-corrected chi connectivity index (χ0v) is 17.4. The molecule has 2 aromatic carbocycles. The van der Waals surface area contributed by atoms with Gasteiger partial charge in [0.2, 0.25) is 5.69 Å². The van der Waals surface area contributed by atoms with Gasteiger partial charge < -0.3 is 10.2 Å². The van der Waals surface area contributed by atoms with Gasteiger partial charge >= 0.3 is 5.97 Å². The second kappa shape index (κ2) is 7.58. The Bertz CT molecular complexity index is 1360. The van der Waals surface area contributed by atoms with Gasteiger partial charge in [-0.25, -0.2) is 18.7 Å². The average molecular weight is 436 g/mol. The van der Waals surface area contributed by atoms with Gasteiger partial charge in [0, 0.05) is 10.4 Å². The Labute approximate surface area is 180 Å². The van der Waals surface area contributed by atoms with Crippen molar-refractivity contribution in [2.75, 3.05) is 0 Å². The van der Waals surface area contributed by atoms with Gasteiger partial charge in [0.1, 0.15) is 16.2 Å². The summed E-state index contributed by atoms with van der Waals surface area (Å²) in [6.07, 6.45) is 0. The fraction of sp³-hybridized carbons (Fsp3) is 0.182. The monoisotopic (exact) mass is 436 g/mol. The third-order valence-corrected chi connectivity index (χ3v) is 5.81. The number of halogens is 1. The molecule has 0 amide bonds. The van der Waals surface area contributed by atoms with Crippen LogP contribution in [-0.2, 0) is 6.54 Å². The van der Waals surface area contributed by atoms with Crippen molar-refractivity contribution in [2.24, 2.45) is 0 Å². The Balaban J connectivity index is 1.84. The van der Waals surface area contributed by atoms with Gasteiger partial charge in [-0.2, -0.15) is 0 Å². The predicted molar refractivity (Wildman–Crippen MR) is 116 cm³/mol. The van der Waals surface area contributed by atoms with E-state index in [1.807, 2.05) is 12.1 Å². The third-order valence-electron chi connectivity index (χ3n) is 4.63. The van der Waals surface area contributed by atoms with Crippen molar-refractivity contribution in [3.8, 4) is 21.6 Å². The van der Waals surface area contributed by atoms with Crippen molar-refractivity contribution in [3.05, 3.63) is 64.6 Å². The summed E-state index contributed by atoms with van der Waals surface area (Å²) >= 11 is 1.08. The molecule has 4 rings (SSSR count). The lowest BCUT2D eigenvalue weighted by Gasteiger charge is -2.16. The molecule has 0 bridgehead atoms. The molecule has 2 aromatic heterocycles. The summed E-state index contributed by atoms with van der Waals surface area (Å²) in [5.74, 6) is -1.74. The smallest absolute Gasteiger partial charge is 0.345 e. The van der Waals surface area contributed by atoms with Gasteiger partial charge in [0.25, 0.3) is 0 Å². The number of aromatic carboxylic acids is 1. The molecule has 0 aliphatic carbocycles. The summed E-state index contributed by atoms with van der Waals surface area (Å²) in [7, 11) is 0. The molecular weight excluding hydrogens is 419 g/mol. The number of aromatic nitrogens is 3. The molecular formula is C22H17FN4O3S. The Kier molecular flexibility index (Phi) is 5.05. The molecule has 0 fully saturated rings. The molecule has 0 unspecified atom stereocenters. The number of hydrogen-bond donors (Lipinski definition) is 2. The number of nitrogens with zero attached hydrogens (tertiary/aromatic N) is 4. The van der Waals surface area contributed by atoms with E-state index < -0.39 is 17.4 Å². The number of rotatable bonds is 5. The minimum atomic E-state index is -1.08. The summed E-state index contributed by atoms with van der Waals surface area (Å²) in [5, 5.41) is 27.8. The van der Waals surface area contributed by atoms with Crippen molar-refractivity contribution >= 4 is 34.0 Å². The van der Waals surface area contributed by atoms with E-state index in [0.717, 1.165) is 16.9 Å². The van der Waals surface area contributed by atoms with Crippen LogP contribution in [0, 0.1) is 12.4 Å². The van der Waals surface area contributed by atoms with E-state index in [0.29, 0.717) is 27.1 Å². The van der Waals surface area contributed by atoms with Crippen molar-refractivity contribution in [3.63, 3.8) is 0 Å². The number of fused-ring (bicyclic) bond motifs is 1. The molecule has 2 N–H and O–H groups in total. The zero-order valence-electron chi connectivity index (χ0n) is 16.6. The van der Waals surface area contributed by atoms with Crippen molar-refractivity contribution in [2.45, 2.75) is 26.0 Å². The van der Waals surface area contributed by atoms with Gasteiger partial charge in [-0.15, -0.1) is 16.4 Å². The normalized spacial score (nSPS) is 11.6. The summed E-state index contributed by atoms with van der Waals surface area (Å²) in [6, 6.07) is 11.1. The van der Waals surface area contributed by atoms with Crippen LogP contribution in [-0.4, -0.2) is 36.8 Å². The molecule has 9 heteroatoms. The molecule has 0 spiro atoms. The maximum Gasteiger partial charge on any atom is 0.345 e. The number of carboxylic acids is 1. The maximum atomic E-state index is 14.2. The first-order valence-electron chi connectivity index (χ1n) is 9.27. The first kappa shape index (κ1) is 20.7. The summed E-state index contributed by atoms with van der Waals surface area (Å²) in [4.78, 5) is 15.5. The van der Waals surface area contributed by atoms with Crippen LogP contribution in [0.4, 0.5) is 10.1 Å². The first-order chi connectivity index (χ1) is 14.7. The fourth-order valence-corrected chi connectivity index (χ4v) is 4.30. The van der Waals surface area contributed by atoms with E-state index in [4.69, 9.17) is 6.57 Å². The number of hydrogen-bond acceptors (Lipinski definition) is 5. The molecule has 31 heavy (non-hydrogen) atoms. The molecule has 0 saturated heterocycles. The molecule has 0 aliphatic heterocycles. The Morgan fingerprint density at radius 2 is 1.97 bits per heavy atom. The molecule has 0 radical (unpaired) electrons. The lowest BCUT2D eigenvalue weighted by molar-refractivity contribution is 0.0584. The van der Waals surface area contributed by atoms with Crippen LogP contribution in [0.15, 0.2) is 42.5 Å². The van der Waals surface area contributed by atoms with Crippen LogP contribution < -0.4 is 0 Å². The van der Waals surface area contributed by atoms with Gasteiger partial charge in [-0.3, -0.25) is 0 Å². The van der Waals surface area contributed by atoms with E-state index in [9.17, 15) is 19.4 Å². The highest BCUT2D eigenvalue weighted by atomic mass is 32.1. The highest BCUT2D eigenvalue weighted by Gasteiger charge is 2.20. The van der Waals surface area contributed by atoms with Crippen molar-refractivity contribution in [1.29, 1.82) is 0 Å². The highest BCUT2D eigenvalue weighted by Crippen LogP contribution is 2.41. The Morgan fingerprint density at radius 3 is 2.61 bits per heavy atom. The van der Waals surface area contributed by atoms with E-state index in [-0.39, 0.29) is 17.1 Å². The van der Waals surface area contributed by atoms with E-state index in [1.54, 1.807) is 30.7 Å². The molecule has 156 valence electrons. The van der Waals surface area contributed by atoms with E-state index >= 15 is 0 Å². The summed E-state index contributed by atoms with van der Waals surface area (Å²) < 4.78 is 15.8. The topological polar surface area (TPSA) is 92.6 Å². The molecule has 2 heterocycles. The first-order valence-corrected chi connectivity index (χ1v) is 10.1. The zero-order chi connectivity index (χ0) is 22.3. The SMILES string of the molecule is [C-]#[N+]c1ccc(-c2cc(C(=O)O)sc2-c2ccc3c(c2)nnn3CC(C)(C)O)cc1F. The fourth-order valence-electron chi connectivity index (χ4n) is 3.29. The lowest BCUT2D eigenvalue weighted by atomic mass is 10.0. The molecule has 7 nitrogen and oxygen atoms in total. The van der Waals surface area contributed by atoms with Crippen LogP contribution in [0.5, 0.6) is 0 Å². The van der Waals surface area contributed by atoms with Gasteiger partial charge in [0.15, 0.2) is 0 Å². The average Bonchev–Trinajstić information content (AvgIpc) is 3.31. The molecule has 0 atom stereocenters. The minimum absolute atomic E-state index is 0.0937. The van der Waals surface area contributed by atoms with Crippen molar-refractivity contribution < 1.29 is 19.4 Å². The minimum Gasteiger partial charge on any atom is -0.477 e. The van der Waals surface area contributed by atoms with Crippen LogP contribution in [0.1, 0.15) is 23.5 Å². The van der Waals surface area contributed by atoms with Gasteiger partial charge in [-0.05, 0) is 49.2 Å². The lowest BCUT2D eigenvalue weighted by Crippen LogP contribution is -2.26. The number of aliphatic hydroxyl groups is 1. The highest BCUT2D eigenvalue weighted by molar-refractivity contribution is 7.18. The van der Waals surface area contributed by atoms with Crippen molar-refractivity contribution in [1.82, 2.24) is 15.0 Å². The van der Waals surface area contributed by atoms with Crippen LogP contribution in [0.2, 0.25) is 0 Å². The second-order valence-corrected chi connectivity index (χ2v) is 8.75. The molecule has 4 aromatic rings. The quantitative estimate of drug-likeness (QED) is 0.430. The van der Waals surface area contributed by atoms with Crippen LogP contribution in [0.25, 0.3) is 37.4 Å². The van der Waals surface area contributed by atoms with Crippen LogP contribution in [0.3, 0.4) is 0 Å². The molecule has 0 aliphatic rings. The predicted octanol–water partition coefficient (Wildman–Crippen LogP) is 4.99. The van der Waals surface area contributed by atoms with Gasteiger partial charge in [-0.1, -0.05) is 23.4 Å². The second-order valence-electron chi connectivity index (χ2n) is 7.70. The van der Waals surface area contributed by atoms with Gasteiger partial charge in [0.05, 0.1) is 24.2 Å². The number of carboxylic acid groups (broad SMARTS) is 1. The number of thiophene rings is 1. The number of carbonyl (C=O) groups is 1. The Morgan fingerprint density at radius 1 is 1.23 bits per heavy atom. The summed E-state index contributed by atoms with van der Waals surface area (Å²) in [6.45, 7) is 10.6. The Hall–Kier alpha value is -3.61. The van der Waals surface area contributed by atoms with E-state index in [1.165, 1.54) is 18.2 Å². The standard InChI is InChI=1S/C22H17FN4O3S/c1-22(2,30)11-27-18-7-5-13(9-17(18)25-26-27)20-14(10-19(31-20)21(28)29)12-4-6-16(24-3)15(23)8-12/h4-10,30H,11H2,1-2H3,(H,28,29). The largest absolute Gasteiger partial charge is 0.477 e. The third kappa shape index (κ3) is 4.03. The number of benzene rings is 2. The van der Waals surface area contributed by atoms with E-state index in [2.05, 4.69) is 15.2 Å². The maximum absolute atomic E-state index is 14.2. The molecule has 0 saturated carbocycles. The van der Waals surface area contributed by atoms with Crippen LogP contribution >= 0.6 is 11.3 Å².